The van der Waals surface area contributed by atoms with E-state index in [-0.39, 0.29) is 6.10 Å². The molecule has 1 aromatic carbocycles. The van der Waals surface area contributed by atoms with Gasteiger partial charge in [0.05, 0.1) is 11.7 Å². The number of nitriles is 2. The summed E-state index contributed by atoms with van der Waals surface area (Å²) in [5.41, 5.74) is 0.661. The molecule has 0 aromatic heterocycles. The van der Waals surface area contributed by atoms with Crippen LogP contribution in [0.3, 0.4) is 0 Å². The first kappa shape index (κ1) is 10.1. The zero-order chi connectivity index (χ0) is 10.6. The molecule has 3 heteroatoms. The van der Waals surface area contributed by atoms with Crippen LogP contribution in [0.5, 0.6) is 5.75 Å². The summed E-state index contributed by atoms with van der Waals surface area (Å²) in [6, 6.07) is 8.93. The van der Waals surface area contributed by atoms with Gasteiger partial charge in [-0.1, -0.05) is 6.07 Å². The molecular weight excluding hydrogens is 176 g/mol. The lowest BCUT2D eigenvalue weighted by Gasteiger charge is -2.11. The molecule has 0 saturated carbocycles. The van der Waals surface area contributed by atoms with Gasteiger partial charge in [-0.3, -0.25) is 0 Å². The molecule has 0 bridgehead atoms. The zero-order valence-electron chi connectivity index (χ0n) is 8.11. The maximum Gasteiger partial charge on any atom is 0.138 e. The first-order chi connectivity index (χ1) is 6.69. The number of hydrogen-bond donors (Lipinski definition) is 0. The van der Waals surface area contributed by atoms with Crippen molar-refractivity contribution in [1.29, 1.82) is 10.5 Å². The second-order valence-electron chi connectivity index (χ2n) is 3.07. The highest BCUT2D eigenvalue weighted by Gasteiger charge is 2.09. The molecule has 0 radical (unpaired) electrons. The predicted molar refractivity (Wildman–Crippen MR) is 51.6 cm³/mol. The van der Waals surface area contributed by atoms with E-state index < -0.39 is 0 Å². The van der Waals surface area contributed by atoms with Crippen molar-refractivity contribution in [3.63, 3.8) is 0 Å². The third kappa shape index (κ3) is 2.02. The maximum absolute atomic E-state index is 8.86. The van der Waals surface area contributed by atoms with E-state index in [1.54, 1.807) is 18.2 Å². The molecule has 14 heavy (non-hydrogen) atoms. The largest absolute Gasteiger partial charge is 0.490 e. The Kier molecular flexibility index (Phi) is 3.09. The predicted octanol–water partition coefficient (Wildman–Crippen LogP) is 2.22. The fraction of sp³-hybridized carbons (Fsp3) is 0.273. The second kappa shape index (κ2) is 4.30. The average Bonchev–Trinajstić information content (AvgIpc) is 2.16. The SMILES string of the molecule is CC(C)Oc1cccc(C#N)c1C#N. The highest BCUT2D eigenvalue weighted by molar-refractivity contribution is 5.53. The average molecular weight is 186 g/mol. The van der Waals surface area contributed by atoms with Gasteiger partial charge in [0.2, 0.25) is 0 Å². The molecule has 0 unspecified atom stereocenters. The lowest BCUT2D eigenvalue weighted by molar-refractivity contribution is 0.241. The van der Waals surface area contributed by atoms with Crippen LogP contribution >= 0.6 is 0 Å². The molecule has 0 aliphatic rings. The van der Waals surface area contributed by atoms with E-state index in [2.05, 4.69) is 0 Å². The molecule has 3 nitrogen and oxygen atoms in total. The number of ether oxygens (including phenoxy) is 1. The minimum atomic E-state index is -0.00366. The first-order valence-electron chi connectivity index (χ1n) is 4.29. The van der Waals surface area contributed by atoms with Gasteiger partial charge < -0.3 is 4.74 Å². The molecule has 1 aromatic rings. The molecule has 0 aliphatic carbocycles. The molecule has 0 atom stereocenters. The summed E-state index contributed by atoms with van der Waals surface area (Å²) in [5.74, 6) is 0.474. The van der Waals surface area contributed by atoms with Crippen LogP contribution in [0.1, 0.15) is 25.0 Å². The van der Waals surface area contributed by atoms with Gasteiger partial charge in [-0.05, 0) is 26.0 Å². The Morgan fingerprint density at radius 1 is 1.21 bits per heavy atom. The lowest BCUT2D eigenvalue weighted by atomic mass is 10.1. The van der Waals surface area contributed by atoms with Crippen LogP contribution in [0.25, 0.3) is 0 Å². The summed E-state index contributed by atoms with van der Waals surface area (Å²) >= 11 is 0. The Balaban J connectivity index is 3.19. The molecule has 0 N–H and O–H groups in total. The van der Waals surface area contributed by atoms with Gasteiger partial charge in [0.25, 0.3) is 0 Å². The smallest absolute Gasteiger partial charge is 0.138 e. The maximum atomic E-state index is 8.86. The van der Waals surface area contributed by atoms with Crippen LogP contribution in [-0.2, 0) is 0 Å². The van der Waals surface area contributed by atoms with Gasteiger partial charge in [-0.15, -0.1) is 0 Å². The highest BCUT2D eigenvalue weighted by Crippen LogP contribution is 2.21. The normalized spacial score (nSPS) is 9.21. The monoisotopic (exact) mass is 186 g/mol. The van der Waals surface area contributed by atoms with Crippen molar-refractivity contribution in [2.45, 2.75) is 20.0 Å². The Labute approximate surface area is 83.2 Å². The van der Waals surface area contributed by atoms with Crippen molar-refractivity contribution in [2.24, 2.45) is 0 Å². The summed E-state index contributed by atoms with van der Waals surface area (Å²) in [4.78, 5) is 0. The summed E-state index contributed by atoms with van der Waals surface area (Å²) in [5, 5.41) is 17.6. The van der Waals surface area contributed by atoms with Gasteiger partial charge in [0.1, 0.15) is 23.5 Å². The van der Waals surface area contributed by atoms with Gasteiger partial charge in [-0.2, -0.15) is 10.5 Å². The highest BCUT2D eigenvalue weighted by atomic mass is 16.5. The summed E-state index contributed by atoms with van der Waals surface area (Å²) in [6.07, 6.45) is -0.00366. The van der Waals surface area contributed by atoms with Crippen LogP contribution < -0.4 is 4.74 Å². The molecular formula is C11H10N2O. The van der Waals surface area contributed by atoms with Gasteiger partial charge in [0.15, 0.2) is 0 Å². The third-order valence-corrected chi connectivity index (χ3v) is 1.62. The lowest BCUT2D eigenvalue weighted by Crippen LogP contribution is -2.07. The van der Waals surface area contributed by atoms with Crippen LogP contribution in [-0.4, -0.2) is 6.10 Å². The van der Waals surface area contributed by atoms with Crippen molar-refractivity contribution in [3.8, 4) is 17.9 Å². The molecule has 0 heterocycles. The third-order valence-electron chi connectivity index (χ3n) is 1.62. The van der Waals surface area contributed by atoms with Crippen molar-refractivity contribution >= 4 is 0 Å². The Bertz CT molecular complexity index is 410. The van der Waals surface area contributed by atoms with Crippen molar-refractivity contribution in [2.75, 3.05) is 0 Å². The topological polar surface area (TPSA) is 56.8 Å². The quantitative estimate of drug-likeness (QED) is 0.711. The Morgan fingerprint density at radius 2 is 1.93 bits per heavy atom. The first-order valence-corrected chi connectivity index (χ1v) is 4.29. The molecule has 0 fully saturated rings. The van der Waals surface area contributed by atoms with Crippen LogP contribution in [0.4, 0.5) is 0 Å². The van der Waals surface area contributed by atoms with E-state index >= 15 is 0 Å². The van der Waals surface area contributed by atoms with Gasteiger partial charge >= 0.3 is 0 Å². The van der Waals surface area contributed by atoms with Crippen LogP contribution in [0.2, 0.25) is 0 Å². The standard InChI is InChI=1S/C11H10N2O/c1-8(2)14-11-5-3-4-9(6-12)10(11)7-13/h3-5,8H,1-2H3. The minimum Gasteiger partial charge on any atom is -0.490 e. The second-order valence-corrected chi connectivity index (χ2v) is 3.07. The van der Waals surface area contributed by atoms with Crippen LogP contribution in [0.15, 0.2) is 18.2 Å². The van der Waals surface area contributed by atoms with E-state index in [1.807, 2.05) is 26.0 Å². The minimum absolute atomic E-state index is 0.00366. The number of nitrogens with zero attached hydrogens (tertiary/aromatic N) is 2. The summed E-state index contributed by atoms with van der Waals surface area (Å²) < 4.78 is 5.41. The fourth-order valence-electron chi connectivity index (χ4n) is 1.09. The summed E-state index contributed by atoms with van der Waals surface area (Å²) in [6.45, 7) is 3.75. The van der Waals surface area contributed by atoms with Crippen molar-refractivity contribution < 1.29 is 4.74 Å². The molecule has 1 rings (SSSR count). The van der Waals surface area contributed by atoms with Crippen molar-refractivity contribution in [3.05, 3.63) is 29.3 Å². The fourth-order valence-corrected chi connectivity index (χ4v) is 1.09. The van der Waals surface area contributed by atoms with E-state index in [4.69, 9.17) is 15.3 Å². The molecule has 0 amide bonds. The summed E-state index contributed by atoms with van der Waals surface area (Å²) in [7, 11) is 0. The van der Waals surface area contributed by atoms with E-state index in [9.17, 15) is 0 Å². The number of hydrogen-bond acceptors (Lipinski definition) is 3. The Morgan fingerprint density at radius 3 is 2.43 bits per heavy atom. The molecule has 0 spiro atoms. The van der Waals surface area contributed by atoms with E-state index in [1.165, 1.54) is 0 Å². The van der Waals surface area contributed by atoms with Crippen LogP contribution in [0, 0.1) is 22.7 Å². The van der Waals surface area contributed by atoms with E-state index in [0.717, 1.165) is 0 Å². The van der Waals surface area contributed by atoms with Gasteiger partial charge in [0, 0.05) is 0 Å². The molecule has 0 saturated heterocycles. The molecule has 70 valence electrons. The van der Waals surface area contributed by atoms with E-state index in [0.29, 0.717) is 16.9 Å². The zero-order valence-corrected chi connectivity index (χ0v) is 8.11. The number of rotatable bonds is 2. The van der Waals surface area contributed by atoms with Gasteiger partial charge in [-0.25, -0.2) is 0 Å². The molecule has 0 aliphatic heterocycles. The van der Waals surface area contributed by atoms with Crippen molar-refractivity contribution in [1.82, 2.24) is 0 Å². The Hall–Kier alpha value is -2.00. The number of benzene rings is 1.